The number of aliphatic imine (C=N–C) groups is 1. The van der Waals surface area contributed by atoms with Crippen molar-refractivity contribution in [3.63, 3.8) is 0 Å². The highest BCUT2D eigenvalue weighted by atomic mass is 16.1. The van der Waals surface area contributed by atoms with Gasteiger partial charge in [-0.25, -0.2) is 4.99 Å². The van der Waals surface area contributed by atoms with Gasteiger partial charge in [-0.2, -0.15) is 0 Å². The Morgan fingerprint density at radius 3 is 2.40 bits per heavy atom. The number of allylic oxidation sites excluding steroid dienone is 3. The molecule has 0 saturated carbocycles. The predicted octanol–water partition coefficient (Wildman–Crippen LogP) is 3.58. The second kappa shape index (κ2) is 5.87. The summed E-state index contributed by atoms with van der Waals surface area (Å²) in [6, 6.07) is 10.1. The van der Waals surface area contributed by atoms with E-state index in [1.807, 2.05) is 25.1 Å². The van der Waals surface area contributed by atoms with Gasteiger partial charge in [0.15, 0.2) is 5.78 Å². The standard InChI is InChI=1S/C21H27N3O/c1-5-21(14-9-7-6-8-10-14)17(13(2)22)19(23)24-15-11-20(3,4)12-16(25)18(15)21/h6-10H,5,11-12,22H2,1-4H3,(H2,23,24)/b17-13+. The Kier molecular flexibility index (Phi) is 4.10. The monoisotopic (exact) mass is 337 g/mol. The highest BCUT2D eigenvalue weighted by Crippen LogP contribution is 2.52. The summed E-state index contributed by atoms with van der Waals surface area (Å²) < 4.78 is 0. The molecule has 1 aliphatic carbocycles. The summed E-state index contributed by atoms with van der Waals surface area (Å²) in [6.07, 6.45) is 1.98. The molecule has 2 aliphatic rings. The van der Waals surface area contributed by atoms with Crippen molar-refractivity contribution in [2.24, 2.45) is 21.9 Å². The van der Waals surface area contributed by atoms with E-state index < -0.39 is 5.41 Å². The van der Waals surface area contributed by atoms with Crippen LogP contribution in [0.3, 0.4) is 0 Å². The lowest BCUT2D eigenvalue weighted by Crippen LogP contribution is -2.46. The third-order valence-electron chi connectivity index (χ3n) is 5.41. The smallest absolute Gasteiger partial charge is 0.162 e. The number of rotatable bonds is 2. The first-order valence-corrected chi connectivity index (χ1v) is 8.86. The number of hydrogen-bond donors (Lipinski definition) is 2. The molecule has 0 fully saturated rings. The van der Waals surface area contributed by atoms with Crippen molar-refractivity contribution in [1.29, 1.82) is 0 Å². The van der Waals surface area contributed by atoms with Gasteiger partial charge in [0, 0.05) is 23.3 Å². The lowest BCUT2D eigenvalue weighted by molar-refractivity contribution is -0.118. The molecule has 3 rings (SSSR count). The van der Waals surface area contributed by atoms with Crippen LogP contribution >= 0.6 is 0 Å². The second-order valence-electron chi connectivity index (χ2n) is 7.94. The number of carbonyl (C=O) groups is 1. The summed E-state index contributed by atoms with van der Waals surface area (Å²) in [5.41, 5.74) is 16.0. The summed E-state index contributed by atoms with van der Waals surface area (Å²) in [7, 11) is 0. The maximum atomic E-state index is 13.2. The van der Waals surface area contributed by atoms with Crippen molar-refractivity contribution in [1.82, 2.24) is 0 Å². The van der Waals surface area contributed by atoms with Crippen molar-refractivity contribution in [3.8, 4) is 0 Å². The van der Waals surface area contributed by atoms with E-state index in [4.69, 9.17) is 11.5 Å². The van der Waals surface area contributed by atoms with Crippen molar-refractivity contribution in [2.45, 2.75) is 52.4 Å². The molecule has 1 atom stereocenters. The average Bonchev–Trinajstić information content (AvgIpc) is 2.52. The highest BCUT2D eigenvalue weighted by molar-refractivity contribution is 6.10. The molecular formula is C21H27N3O. The molecule has 0 radical (unpaired) electrons. The summed E-state index contributed by atoms with van der Waals surface area (Å²) in [5, 5.41) is 0. The van der Waals surface area contributed by atoms with Crippen LogP contribution in [-0.4, -0.2) is 11.6 Å². The van der Waals surface area contributed by atoms with Gasteiger partial charge in [-0.1, -0.05) is 51.1 Å². The van der Waals surface area contributed by atoms with Gasteiger partial charge in [0.05, 0.1) is 11.1 Å². The highest BCUT2D eigenvalue weighted by Gasteiger charge is 2.50. The van der Waals surface area contributed by atoms with E-state index in [1.54, 1.807) is 0 Å². The fourth-order valence-corrected chi connectivity index (χ4v) is 4.52. The first-order valence-electron chi connectivity index (χ1n) is 8.86. The fourth-order valence-electron chi connectivity index (χ4n) is 4.52. The molecule has 1 heterocycles. The lowest BCUT2D eigenvalue weighted by Gasteiger charge is -2.45. The van der Waals surface area contributed by atoms with E-state index in [9.17, 15) is 4.79 Å². The van der Waals surface area contributed by atoms with E-state index in [1.165, 1.54) is 0 Å². The van der Waals surface area contributed by atoms with Gasteiger partial charge >= 0.3 is 0 Å². The number of nitrogens with two attached hydrogens (primary N) is 2. The van der Waals surface area contributed by atoms with E-state index in [0.717, 1.165) is 28.8 Å². The number of amidine groups is 1. The Morgan fingerprint density at radius 2 is 1.84 bits per heavy atom. The Morgan fingerprint density at radius 1 is 1.20 bits per heavy atom. The molecule has 1 aliphatic heterocycles. The fraction of sp³-hybridized carbons (Fsp3) is 0.429. The Bertz CT molecular complexity index is 811. The number of benzene rings is 1. The van der Waals surface area contributed by atoms with E-state index in [0.29, 0.717) is 24.4 Å². The Balaban J connectivity index is 2.39. The van der Waals surface area contributed by atoms with Gasteiger partial charge in [0.2, 0.25) is 0 Å². The molecule has 1 aromatic carbocycles. The van der Waals surface area contributed by atoms with Gasteiger partial charge in [0.25, 0.3) is 0 Å². The first kappa shape index (κ1) is 17.5. The summed E-state index contributed by atoms with van der Waals surface area (Å²) in [6.45, 7) is 8.15. The largest absolute Gasteiger partial charge is 0.402 e. The van der Waals surface area contributed by atoms with Crippen LogP contribution in [0.1, 0.15) is 52.5 Å². The van der Waals surface area contributed by atoms with Crippen LogP contribution in [0.5, 0.6) is 0 Å². The molecule has 4 N–H and O–H groups in total. The minimum atomic E-state index is -0.616. The van der Waals surface area contributed by atoms with Crippen LogP contribution in [0.2, 0.25) is 0 Å². The van der Waals surface area contributed by atoms with Gasteiger partial charge < -0.3 is 11.5 Å². The molecule has 0 bridgehead atoms. The van der Waals surface area contributed by atoms with Crippen LogP contribution in [0.25, 0.3) is 0 Å². The van der Waals surface area contributed by atoms with Crippen LogP contribution < -0.4 is 11.5 Å². The third kappa shape index (κ3) is 2.60. The quantitative estimate of drug-likeness (QED) is 0.865. The minimum absolute atomic E-state index is 0.102. The van der Waals surface area contributed by atoms with Crippen molar-refractivity contribution < 1.29 is 4.79 Å². The van der Waals surface area contributed by atoms with Gasteiger partial charge in [-0.15, -0.1) is 0 Å². The molecule has 1 aromatic rings. The maximum absolute atomic E-state index is 13.2. The van der Waals surface area contributed by atoms with Crippen molar-refractivity contribution in [2.75, 3.05) is 0 Å². The van der Waals surface area contributed by atoms with Gasteiger partial charge in [-0.3, -0.25) is 4.79 Å². The molecule has 0 amide bonds. The first-order chi connectivity index (χ1) is 11.7. The number of carbonyl (C=O) groups excluding carboxylic acids is 1. The zero-order chi connectivity index (χ0) is 18.4. The number of Topliss-reactive ketones (excluding diaryl/α,β-unsaturated/α-hetero) is 1. The molecule has 4 heteroatoms. The molecule has 4 nitrogen and oxygen atoms in total. The SMILES string of the molecule is CCC1(c2ccccc2)C2=C(CC(C)(C)CC2=O)N=C(N)/C1=C(/C)N. The third-order valence-corrected chi connectivity index (χ3v) is 5.41. The molecule has 0 saturated heterocycles. The van der Waals surface area contributed by atoms with E-state index in [-0.39, 0.29) is 11.2 Å². The average molecular weight is 337 g/mol. The lowest BCUT2D eigenvalue weighted by atomic mass is 9.59. The Hall–Kier alpha value is -2.36. The van der Waals surface area contributed by atoms with Gasteiger partial charge in [-0.05, 0) is 30.7 Å². The summed E-state index contributed by atoms with van der Waals surface area (Å²) in [5.74, 6) is 0.599. The predicted molar refractivity (Wildman–Crippen MR) is 102 cm³/mol. The Labute approximate surface area is 149 Å². The molecule has 132 valence electrons. The second-order valence-corrected chi connectivity index (χ2v) is 7.94. The van der Waals surface area contributed by atoms with Crippen LogP contribution in [0.15, 0.2) is 57.9 Å². The number of ketones is 1. The molecule has 0 aromatic heterocycles. The number of hydrogen-bond acceptors (Lipinski definition) is 4. The zero-order valence-corrected chi connectivity index (χ0v) is 15.5. The van der Waals surface area contributed by atoms with Crippen LogP contribution in [0.4, 0.5) is 0 Å². The molecule has 0 spiro atoms. The molecule has 1 unspecified atom stereocenters. The van der Waals surface area contributed by atoms with Crippen LogP contribution in [-0.2, 0) is 10.2 Å². The number of nitrogens with zero attached hydrogens (tertiary/aromatic N) is 1. The summed E-state index contributed by atoms with van der Waals surface area (Å²) >= 11 is 0. The van der Waals surface area contributed by atoms with Crippen molar-refractivity contribution >= 4 is 11.6 Å². The maximum Gasteiger partial charge on any atom is 0.162 e. The zero-order valence-electron chi connectivity index (χ0n) is 15.5. The molecular weight excluding hydrogens is 310 g/mol. The van der Waals surface area contributed by atoms with Crippen LogP contribution in [0, 0.1) is 5.41 Å². The van der Waals surface area contributed by atoms with E-state index in [2.05, 4.69) is 37.9 Å². The summed E-state index contributed by atoms with van der Waals surface area (Å²) in [4.78, 5) is 17.9. The normalized spacial score (nSPS) is 27.7. The molecule has 25 heavy (non-hydrogen) atoms. The van der Waals surface area contributed by atoms with Crippen molar-refractivity contribution in [3.05, 3.63) is 58.4 Å². The topological polar surface area (TPSA) is 81.5 Å². The van der Waals surface area contributed by atoms with E-state index >= 15 is 0 Å². The van der Waals surface area contributed by atoms with Gasteiger partial charge in [0.1, 0.15) is 5.84 Å². The minimum Gasteiger partial charge on any atom is -0.402 e.